The second kappa shape index (κ2) is 9.55. The fourth-order valence-electron chi connectivity index (χ4n) is 8.27. The van der Waals surface area contributed by atoms with Gasteiger partial charge in [0.25, 0.3) is 0 Å². The second-order valence-electron chi connectivity index (χ2n) is 12.2. The van der Waals surface area contributed by atoms with Crippen LogP contribution >= 0.6 is 23.2 Å². The van der Waals surface area contributed by atoms with Crippen LogP contribution in [0.1, 0.15) is 67.6 Å². The predicted octanol–water partition coefficient (Wildman–Crippen LogP) is 6.73. The molecule has 2 aromatic heterocycles. The molecule has 4 aliphatic rings. The van der Waals surface area contributed by atoms with Crippen molar-refractivity contribution >= 4 is 40.6 Å². The summed E-state index contributed by atoms with van der Waals surface area (Å²) in [7, 11) is 0. The van der Waals surface area contributed by atoms with Crippen LogP contribution in [-0.4, -0.2) is 30.4 Å². The number of carbonyl (C=O) groups excluding carboxylic acids is 1. The molecule has 212 valence electrons. The van der Waals surface area contributed by atoms with Crippen LogP contribution in [0, 0.1) is 54.0 Å². The molecular formula is C28H31Cl2FN6O3. The third-order valence-electron chi connectivity index (χ3n) is 9.32. The van der Waals surface area contributed by atoms with Gasteiger partial charge in [0.2, 0.25) is 5.91 Å². The Labute approximate surface area is 241 Å². The van der Waals surface area contributed by atoms with E-state index in [1.165, 1.54) is 12.1 Å². The van der Waals surface area contributed by atoms with E-state index in [0.29, 0.717) is 46.9 Å². The number of hydrogen-bond donors (Lipinski definition) is 1. The Hall–Kier alpha value is -2.98. The maximum atomic E-state index is 13.6. The minimum Gasteiger partial charge on any atom is -0.358 e. The van der Waals surface area contributed by atoms with E-state index in [9.17, 15) is 19.3 Å². The van der Waals surface area contributed by atoms with Crippen LogP contribution in [0.25, 0.3) is 0 Å². The summed E-state index contributed by atoms with van der Waals surface area (Å²) >= 11 is 12.6. The van der Waals surface area contributed by atoms with Crippen molar-refractivity contribution in [3.8, 4) is 0 Å². The molecule has 2 heterocycles. The van der Waals surface area contributed by atoms with Crippen molar-refractivity contribution in [2.75, 3.05) is 5.32 Å². The SMILES string of the molecule is Cc1nn(Cc2ccc(F)cc2Cl)c(C)c1NC(=O)CC12CC3CC(C1)CC(n1nc([N+](=O)[O-])c(Cl)c1C)(C3)C2. The van der Waals surface area contributed by atoms with E-state index in [0.717, 1.165) is 49.8 Å². The van der Waals surface area contributed by atoms with Gasteiger partial charge in [-0.1, -0.05) is 29.3 Å². The summed E-state index contributed by atoms with van der Waals surface area (Å²) in [6, 6.07) is 4.28. The van der Waals surface area contributed by atoms with E-state index in [4.69, 9.17) is 23.2 Å². The molecule has 1 N–H and O–H groups in total. The number of rotatable bonds is 7. The Balaban J connectivity index is 1.23. The van der Waals surface area contributed by atoms with Gasteiger partial charge in [0.15, 0.2) is 5.02 Å². The van der Waals surface area contributed by atoms with Gasteiger partial charge in [0, 0.05) is 11.4 Å². The zero-order valence-corrected chi connectivity index (χ0v) is 24.2. The quantitative estimate of drug-likeness (QED) is 0.243. The number of carbonyl (C=O) groups is 1. The Morgan fingerprint density at radius 2 is 1.85 bits per heavy atom. The minimum absolute atomic E-state index is 0.0659. The monoisotopic (exact) mass is 588 g/mol. The lowest BCUT2D eigenvalue weighted by atomic mass is 9.46. The molecule has 4 saturated carbocycles. The maximum absolute atomic E-state index is 13.6. The number of halogens is 3. The number of aryl methyl sites for hydroxylation is 1. The van der Waals surface area contributed by atoms with E-state index in [2.05, 4.69) is 15.5 Å². The molecule has 4 aliphatic carbocycles. The van der Waals surface area contributed by atoms with Gasteiger partial charge >= 0.3 is 5.82 Å². The van der Waals surface area contributed by atoms with E-state index in [-0.39, 0.29) is 27.7 Å². The Morgan fingerprint density at radius 3 is 2.48 bits per heavy atom. The molecule has 3 aromatic rings. The van der Waals surface area contributed by atoms with Gasteiger partial charge in [0.05, 0.1) is 40.0 Å². The first-order valence-corrected chi connectivity index (χ1v) is 14.3. The molecular weight excluding hydrogens is 558 g/mol. The van der Waals surface area contributed by atoms with Crippen molar-refractivity contribution in [3.05, 3.63) is 66.8 Å². The highest BCUT2D eigenvalue weighted by molar-refractivity contribution is 6.33. The molecule has 2 atom stereocenters. The van der Waals surface area contributed by atoms with Gasteiger partial charge in [0.1, 0.15) is 5.82 Å². The third kappa shape index (κ3) is 4.49. The van der Waals surface area contributed by atoms with Crippen molar-refractivity contribution in [1.82, 2.24) is 19.6 Å². The van der Waals surface area contributed by atoms with Crippen molar-refractivity contribution in [3.63, 3.8) is 0 Å². The van der Waals surface area contributed by atoms with Gasteiger partial charge in [-0.25, -0.2) is 4.39 Å². The van der Waals surface area contributed by atoms with Gasteiger partial charge in [-0.3, -0.25) is 9.48 Å². The average Bonchev–Trinajstić information content (AvgIpc) is 3.30. The van der Waals surface area contributed by atoms with E-state index in [1.54, 1.807) is 17.7 Å². The number of anilines is 1. The zero-order chi connectivity index (χ0) is 28.6. The highest BCUT2D eigenvalue weighted by Crippen LogP contribution is 2.65. The first kappa shape index (κ1) is 27.2. The van der Waals surface area contributed by atoms with Crippen molar-refractivity contribution in [1.29, 1.82) is 0 Å². The first-order chi connectivity index (χ1) is 18.9. The summed E-state index contributed by atoms with van der Waals surface area (Å²) in [5.74, 6) is 0.130. The summed E-state index contributed by atoms with van der Waals surface area (Å²) in [6.45, 7) is 5.89. The summed E-state index contributed by atoms with van der Waals surface area (Å²) in [6.07, 6.45) is 5.98. The molecule has 2 unspecified atom stereocenters. The molecule has 12 heteroatoms. The van der Waals surface area contributed by atoms with Gasteiger partial charge in [-0.15, -0.1) is 0 Å². The lowest BCUT2D eigenvalue weighted by Gasteiger charge is -2.61. The first-order valence-electron chi connectivity index (χ1n) is 13.6. The second-order valence-corrected chi connectivity index (χ2v) is 13.0. The zero-order valence-electron chi connectivity index (χ0n) is 22.6. The molecule has 1 amide bonds. The fourth-order valence-corrected chi connectivity index (χ4v) is 8.68. The fraction of sp³-hybridized carbons (Fsp3) is 0.536. The molecule has 40 heavy (non-hydrogen) atoms. The summed E-state index contributed by atoms with van der Waals surface area (Å²) in [5, 5.41) is 24.1. The third-order valence-corrected chi connectivity index (χ3v) is 10.1. The number of hydrogen-bond acceptors (Lipinski definition) is 5. The molecule has 0 spiro atoms. The Kier molecular flexibility index (Phi) is 6.49. The van der Waals surface area contributed by atoms with E-state index >= 15 is 0 Å². The summed E-state index contributed by atoms with van der Waals surface area (Å²) in [4.78, 5) is 24.6. The standard InChI is InChI=1S/C28H31Cl2FN6O3/c1-15-25(17(3)35(33-15)13-20-4-5-21(31)7-22(20)29)32-23(38)12-27-8-18-6-19(9-27)11-28(10-18,14-27)36-16(2)24(30)26(34-36)37(39)40/h4-5,7,18-19H,6,8-14H2,1-3H3,(H,32,38). The van der Waals surface area contributed by atoms with E-state index in [1.807, 2.05) is 18.5 Å². The molecule has 4 bridgehead atoms. The van der Waals surface area contributed by atoms with Gasteiger partial charge in [-0.2, -0.15) is 9.78 Å². The van der Waals surface area contributed by atoms with Crippen LogP contribution in [-0.2, 0) is 16.9 Å². The summed E-state index contributed by atoms with van der Waals surface area (Å²) in [5.41, 5.74) is 2.95. The number of nitrogens with one attached hydrogen (secondary N) is 1. The van der Waals surface area contributed by atoms with Crippen molar-refractivity contribution in [2.24, 2.45) is 17.3 Å². The predicted molar refractivity (Wildman–Crippen MR) is 149 cm³/mol. The highest BCUT2D eigenvalue weighted by atomic mass is 35.5. The van der Waals surface area contributed by atoms with Crippen LogP contribution < -0.4 is 5.32 Å². The van der Waals surface area contributed by atoms with Crippen LogP contribution in [0.15, 0.2) is 18.2 Å². The minimum atomic E-state index is -0.523. The van der Waals surface area contributed by atoms with Crippen molar-refractivity contribution < 1.29 is 14.1 Å². The number of nitro groups is 1. The van der Waals surface area contributed by atoms with Crippen LogP contribution in [0.2, 0.25) is 10.0 Å². The molecule has 4 fully saturated rings. The highest BCUT2D eigenvalue weighted by Gasteiger charge is 2.61. The number of benzene rings is 1. The number of aromatic nitrogens is 4. The number of amides is 1. The molecule has 0 radical (unpaired) electrons. The van der Waals surface area contributed by atoms with Crippen LogP contribution in [0.3, 0.4) is 0 Å². The lowest BCUT2D eigenvalue weighted by Crippen LogP contribution is -2.57. The lowest BCUT2D eigenvalue weighted by molar-refractivity contribution is -0.389. The van der Waals surface area contributed by atoms with Crippen LogP contribution in [0.4, 0.5) is 15.9 Å². The van der Waals surface area contributed by atoms with Gasteiger partial charge < -0.3 is 15.4 Å². The van der Waals surface area contributed by atoms with E-state index < -0.39 is 10.7 Å². The Morgan fingerprint density at radius 1 is 1.15 bits per heavy atom. The topological polar surface area (TPSA) is 108 Å². The molecule has 9 nitrogen and oxygen atoms in total. The molecule has 0 aliphatic heterocycles. The van der Waals surface area contributed by atoms with Gasteiger partial charge in [-0.05, 0) is 99.2 Å². The maximum Gasteiger partial charge on any atom is 0.408 e. The summed E-state index contributed by atoms with van der Waals surface area (Å²) < 4.78 is 17.1. The molecule has 1 aromatic carbocycles. The van der Waals surface area contributed by atoms with Crippen molar-refractivity contribution in [2.45, 2.75) is 77.8 Å². The van der Waals surface area contributed by atoms with Crippen LogP contribution in [0.5, 0.6) is 0 Å². The molecule has 7 rings (SSSR count). The Bertz CT molecular complexity index is 1530. The smallest absolute Gasteiger partial charge is 0.358 e. The molecule has 0 saturated heterocycles. The largest absolute Gasteiger partial charge is 0.408 e. The average molecular weight is 589 g/mol. The normalized spacial score (nSPS) is 26.9. The number of nitrogens with zero attached hydrogens (tertiary/aromatic N) is 5.